The van der Waals surface area contributed by atoms with E-state index < -0.39 is 17.6 Å². The molecule has 0 saturated carbocycles. The molecule has 0 aliphatic heterocycles. The molecule has 0 spiro atoms. The molecule has 10 heteroatoms. The molecule has 0 saturated heterocycles. The van der Waals surface area contributed by atoms with E-state index in [1.165, 1.54) is 19.1 Å². The van der Waals surface area contributed by atoms with Gasteiger partial charge in [-0.2, -0.15) is 13.2 Å². The Morgan fingerprint density at radius 3 is 2.35 bits per heavy atom. The molecule has 0 unspecified atom stereocenters. The van der Waals surface area contributed by atoms with Crippen LogP contribution in [-0.2, 0) is 6.18 Å². The molecule has 1 aromatic carbocycles. The number of benzene rings is 1. The standard InChI is InChI=1S/C16H9Cl3F3N3O/c1-7-13(15(26)24-12-9(17)3-2-4-10(12)18)25-6-8(16(20,21)22)5-11(19)14(25)23-7/h2-6H,1H3,(H,24,26). The van der Waals surface area contributed by atoms with Gasteiger partial charge < -0.3 is 5.32 Å². The minimum atomic E-state index is -4.63. The van der Waals surface area contributed by atoms with Gasteiger partial charge in [0.1, 0.15) is 5.69 Å². The summed E-state index contributed by atoms with van der Waals surface area (Å²) in [5.41, 5.74) is -0.728. The Balaban J connectivity index is 2.14. The molecule has 3 aromatic rings. The Hall–Kier alpha value is -1.96. The molecule has 26 heavy (non-hydrogen) atoms. The van der Waals surface area contributed by atoms with Crippen LogP contribution in [0.4, 0.5) is 18.9 Å². The topological polar surface area (TPSA) is 46.4 Å². The number of carbonyl (C=O) groups is 1. The van der Waals surface area contributed by atoms with E-state index in [4.69, 9.17) is 34.8 Å². The molecule has 0 atom stereocenters. The normalized spacial score (nSPS) is 11.8. The number of nitrogens with zero attached hydrogens (tertiary/aromatic N) is 2. The van der Waals surface area contributed by atoms with Crippen LogP contribution in [0.3, 0.4) is 0 Å². The lowest BCUT2D eigenvalue weighted by atomic mass is 10.2. The zero-order valence-corrected chi connectivity index (χ0v) is 15.2. The number of alkyl halides is 3. The van der Waals surface area contributed by atoms with Gasteiger partial charge in [-0.05, 0) is 25.1 Å². The van der Waals surface area contributed by atoms with Gasteiger partial charge in [0.25, 0.3) is 5.91 Å². The molecular formula is C16H9Cl3F3N3O. The van der Waals surface area contributed by atoms with Gasteiger partial charge in [0.2, 0.25) is 0 Å². The largest absolute Gasteiger partial charge is 0.417 e. The number of aromatic nitrogens is 2. The molecule has 1 N–H and O–H groups in total. The maximum absolute atomic E-state index is 13.1. The van der Waals surface area contributed by atoms with E-state index in [0.29, 0.717) is 0 Å². The highest BCUT2D eigenvalue weighted by Gasteiger charge is 2.33. The number of hydrogen-bond donors (Lipinski definition) is 1. The van der Waals surface area contributed by atoms with Crippen molar-refractivity contribution < 1.29 is 18.0 Å². The summed E-state index contributed by atoms with van der Waals surface area (Å²) in [7, 11) is 0. The summed E-state index contributed by atoms with van der Waals surface area (Å²) in [5, 5.41) is 2.65. The lowest BCUT2D eigenvalue weighted by molar-refractivity contribution is -0.137. The van der Waals surface area contributed by atoms with Gasteiger partial charge in [-0.3, -0.25) is 9.20 Å². The quantitative estimate of drug-likeness (QED) is 0.561. The van der Waals surface area contributed by atoms with Gasteiger partial charge >= 0.3 is 6.18 Å². The Morgan fingerprint density at radius 2 is 1.77 bits per heavy atom. The Labute approximate surface area is 160 Å². The second-order valence-electron chi connectivity index (χ2n) is 5.36. The molecule has 0 bridgehead atoms. The van der Waals surface area contributed by atoms with Crippen molar-refractivity contribution >= 4 is 52.0 Å². The number of anilines is 1. The highest BCUT2D eigenvalue weighted by Crippen LogP contribution is 2.34. The lowest BCUT2D eigenvalue weighted by Gasteiger charge is -2.11. The fourth-order valence-electron chi connectivity index (χ4n) is 2.44. The Morgan fingerprint density at radius 1 is 1.15 bits per heavy atom. The summed E-state index contributed by atoms with van der Waals surface area (Å²) in [5.74, 6) is -0.722. The third-order valence-electron chi connectivity index (χ3n) is 3.59. The molecule has 4 nitrogen and oxygen atoms in total. The number of rotatable bonds is 2. The van der Waals surface area contributed by atoms with E-state index in [2.05, 4.69) is 10.3 Å². The van der Waals surface area contributed by atoms with E-state index in [1.54, 1.807) is 6.07 Å². The number of halogens is 6. The second kappa shape index (κ2) is 6.64. The third kappa shape index (κ3) is 3.34. The highest BCUT2D eigenvalue weighted by atomic mass is 35.5. The average Bonchev–Trinajstić information content (AvgIpc) is 2.87. The predicted octanol–water partition coefficient (Wildman–Crippen LogP) is 5.87. The first kappa shape index (κ1) is 18.8. The molecule has 2 heterocycles. The van der Waals surface area contributed by atoms with Crippen LogP contribution >= 0.6 is 34.8 Å². The van der Waals surface area contributed by atoms with Crippen LogP contribution < -0.4 is 5.32 Å². The number of pyridine rings is 1. The maximum atomic E-state index is 13.1. The smallest absolute Gasteiger partial charge is 0.318 e. The molecule has 0 radical (unpaired) electrons. The second-order valence-corrected chi connectivity index (χ2v) is 6.59. The van der Waals surface area contributed by atoms with E-state index in [-0.39, 0.29) is 37.8 Å². The zero-order chi connectivity index (χ0) is 19.2. The van der Waals surface area contributed by atoms with E-state index >= 15 is 0 Å². The Kier molecular flexibility index (Phi) is 4.81. The van der Waals surface area contributed by atoms with Crippen molar-refractivity contribution in [2.45, 2.75) is 13.1 Å². The molecular weight excluding hydrogens is 414 g/mol. The number of imidazole rings is 1. The molecule has 2 aromatic heterocycles. The first-order valence-corrected chi connectivity index (χ1v) is 8.23. The number of amides is 1. The van der Waals surface area contributed by atoms with E-state index in [1.807, 2.05) is 0 Å². The number of aryl methyl sites for hydroxylation is 1. The van der Waals surface area contributed by atoms with Crippen LogP contribution in [0.2, 0.25) is 15.1 Å². The van der Waals surface area contributed by atoms with Crippen molar-refractivity contribution in [1.82, 2.24) is 9.38 Å². The monoisotopic (exact) mass is 421 g/mol. The number of hydrogen-bond acceptors (Lipinski definition) is 2. The van der Waals surface area contributed by atoms with Gasteiger partial charge in [0.05, 0.1) is 32.0 Å². The van der Waals surface area contributed by atoms with Crippen LogP contribution in [0, 0.1) is 6.92 Å². The zero-order valence-electron chi connectivity index (χ0n) is 13.0. The average molecular weight is 423 g/mol. The van der Waals surface area contributed by atoms with Crippen molar-refractivity contribution in [3.05, 3.63) is 62.5 Å². The number of nitrogens with one attached hydrogen (secondary N) is 1. The van der Waals surface area contributed by atoms with Gasteiger partial charge in [-0.1, -0.05) is 40.9 Å². The first-order valence-electron chi connectivity index (χ1n) is 7.10. The summed E-state index contributed by atoms with van der Waals surface area (Å²) >= 11 is 17.9. The summed E-state index contributed by atoms with van der Waals surface area (Å²) in [6.07, 6.45) is -3.86. The number of carbonyl (C=O) groups excluding carboxylic acids is 1. The first-order chi connectivity index (χ1) is 12.1. The summed E-state index contributed by atoms with van der Waals surface area (Å²) in [6.45, 7) is 1.49. The molecule has 136 valence electrons. The van der Waals surface area contributed by atoms with Crippen molar-refractivity contribution in [2.75, 3.05) is 5.32 Å². The molecule has 0 aliphatic carbocycles. The van der Waals surface area contributed by atoms with Crippen molar-refractivity contribution in [2.24, 2.45) is 0 Å². The number of fused-ring (bicyclic) bond motifs is 1. The van der Waals surface area contributed by atoms with Gasteiger partial charge in [0, 0.05) is 6.20 Å². The summed E-state index contributed by atoms with van der Waals surface area (Å²) in [4.78, 5) is 16.8. The molecule has 0 fully saturated rings. The molecule has 0 aliphatic rings. The minimum absolute atomic E-state index is 0.0348. The van der Waals surface area contributed by atoms with Crippen LogP contribution in [0.15, 0.2) is 30.5 Å². The van der Waals surface area contributed by atoms with Gasteiger partial charge in [0.15, 0.2) is 5.65 Å². The van der Waals surface area contributed by atoms with Gasteiger partial charge in [-0.25, -0.2) is 4.98 Å². The number of para-hydroxylation sites is 1. The van der Waals surface area contributed by atoms with E-state index in [0.717, 1.165) is 16.7 Å². The third-order valence-corrected chi connectivity index (χ3v) is 4.50. The minimum Gasteiger partial charge on any atom is -0.318 e. The summed E-state index contributed by atoms with van der Waals surface area (Å²) < 4.78 is 40.2. The lowest BCUT2D eigenvalue weighted by Crippen LogP contribution is -2.17. The van der Waals surface area contributed by atoms with Crippen LogP contribution in [-0.4, -0.2) is 15.3 Å². The Bertz CT molecular complexity index is 1010. The predicted molar refractivity (Wildman–Crippen MR) is 94.4 cm³/mol. The molecule has 3 rings (SSSR count). The fraction of sp³-hybridized carbons (Fsp3) is 0.125. The van der Waals surface area contributed by atoms with Crippen molar-refractivity contribution in [3.8, 4) is 0 Å². The van der Waals surface area contributed by atoms with Crippen LogP contribution in [0.25, 0.3) is 5.65 Å². The maximum Gasteiger partial charge on any atom is 0.417 e. The SMILES string of the molecule is Cc1nc2c(Cl)cc(C(F)(F)F)cn2c1C(=O)Nc1c(Cl)cccc1Cl. The van der Waals surface area contributed by atoms with E-state index in [9.17, 15) is 18.0 Å². The highest BCUT2D eigenvalue weighted by molar-refractivity contribution is 6.40. The van der Waals surface area contributed by atoms with Crippen molar-refractivity contribution in [1.29, 1.82) is 0 Å². The van der Waals surface area contributed by atoms with Crippen LogP contribution in [0.5, 0.6) is 0 Å². The van der Waals surface area contributed by atoms with Crippen molar-refractivity contribution in [3.63, 3.8) is 0 Å². The molecule has 1 amide bonds. The van der Waals surface area contributed by atoms with Crippen LogP contribution in [0.1, 0.15) is 21.7 Å². The van der Waals surface area contributed by atoms with Gasteiger partial charge in [-0.15, -0.1) is 0 Å². The fourth-order valence-corrected chi connectivity index (χ4v) is 3.18. The summed E-state index contributed by atoms with van der Waals surface area (Å²) in [6, 6.07) is 5.39.